The zero-order chi connectivity index (χ0) is 14.7. The first kappa shape index (κ1) is 14.5. The number of hydrogen-bond acceptors (Lipinski definition) is 6. The third kappa shape index (κ3) is 3.62. The van der Waals surface area contributed by atoms with Crippen molar-refractivity contribution in [2.75, 3.05) is 18.8 Å². The summed E-state index contributed by atoms with van der Waals surface area (Å²) in [4.78, 5) is 18.5. The lowest BCUT2D eigenvalue weighted by atomic mass is 10.1. The van der Waals surface area contributed by atoms with Gasteiger partial charge in [-0.25, -0.2) is 4.98 Å². The molecule has 0 unspecified atom stereocenters. The average molecular weight is 323 g/mol. The van der Waals surface area contributed by atoms with Gasteiger partial charge in [0.25, 0.3) is 0 Å². The van der Waals surface area contributed by atoms with E-state index in [0.717, 1.165) is 36.0 Å². The van der Waals surface area contributed by atoms with Gasteiger partial charge in [0.1, 0.15) is 12.7 Å². The lowest BCUT2D eigenvalue weighted by Gasteiger charge is -2.32. The number of thioether (sulfide) groups is 1. The molecular formula is C13H17N5OS2. The maximum Gasteiger partial charge on any atom is 0.233 e. The van der Waals surface area contributed by atoms with Gasteiger partial charge in [0.2, 0.25) is 5.91 Å². The van der Waals surface area contributed by atoms with Crippen LogP contribution in [0.5, 0.6) is 0 Å². The molecule has 3 rings (SSSR count). The van der Waals surface area contributed by atoms with Crippen LogP contribution in [0.25, 0.3) is 0 Å². The molecule has 112 valence electrons. The summed E-state index contributed by atoms with van der Waals surface area (Å²) in [6.07, 6.45) is 5.43. The molecule has 21 heavy (non-hydrogen) atoms. The fourth-order valence-corrected chi connectivity index (χ4v) is 4.18. The van der Waals surface area contributed by atoms with Crippen molar-refractivity contribution in [3.05, 3.63) is 23.7 Å². The van der Waals surface area contributed by atoms with Crippen molar-refractivity contribution >= 4 is 29.0 Å². The quantitative estimate of drug-likeness (QED) is 0.805. The van der Waals surface area contributed by atoms with Crippen LogP contribution in [0.1, 0.15) is 24.6 Å². The second kappa shape index (κ2) is 6.57. The van der Waals surface area contributed by atoms with Gasteiger partial charge >= 0.3 is 0 Å². The lowest BCUT2D eigenvalue weighted by molar-refractivity contribution is -0.129. The zero-order valence-corrected chi connectivity index (χ0v) is 13.4. The SMILES string of the molecule is Cc1csc(SCC(=O)N2CCC(n3cnnc3)CC2)n1. The number of nitrogens with zero attached hydrogens (tertiary/aromatic N) is 5. The summed E-state index contributed by atoms with van der Waals surface area (Å²) >= 11 is 3.13. The number of amides is 1. The highest BCUT2D eigenvalue weighted by atomic mass is 32.2. The molecule has 1 aliphatic rings. The number of hydrogen-bond donors (Lipinski definition) is 0. The molecule has 1 aliphatic heterocycles. The fourth-order valence-electron chi connectivity index (χ4n) is 2.42. The van der Waals surface area contributed by atoms with Crippen molar-refractivity contribution in [2.45, 2.75) is 30.1 Å². The molecule has 2 aromatic rings. The smallest absolute Gasteiger partial charge is 0.233 e. The van der Waals surface area contributed by atoms with Crippen LogP contribution in [0.3, 0.4) is 0 Å². The molecular weight excluding hydrogens is 306 g/mol. The minimum Gasteiger partial charge on any atom is -0.342 e. The predicted molar refractivity (Wildman–Crippen MR) is 82.4 cm³/mol. The van der Waals surface area contributed by atoms with Crippen LogP contribution in [-0.2, 0) is 4.79 Å². The highest BCUT2D eigenvalue weighted by Crippen LogP contribution is 2.25. The molecule has 0 N–H and O–H groups in total. The molecule has 0 atom stereocenters. The summed E-state index contributed by atoms with van der Waals surface area (Å²) in [5.74, 6) is 0.680. The summed E-state index contributed by atoms with van der Waals surface area (Å²) in [5.41, 5.74) is 1.02. The number of aryl methyl sites for hydroxylation is 1. The van der Waals surface area contributed by atoms with Gasteiger partial charge in [-0.3, -0.25) is 4.79 Å². The highest BCUT2D eigenvalue weighted by Gasteiger charge is 2.23. The first-order valence-corrected chi connectivity index (χ1v) is 8.75. The molecule has 1 saturated heterocycles. The third-order valence-electron chi connectivity index (χ3n) is 3.59. The van der Waals surface area contributed by atoms with Crippen molar-refractivity contribution in [2.24, 2.45) is 0 Å². The van der Waals surface area contributed by atoms with Gasteiger partial charge in [0, 0.05) is 30.2 Å². The number of rotatable bonds is 4. The van der Waals surface area contributed by atoms with E-state index < -0.39 is 0 Å². The van der Waals surface area contributed by atoms with Gasteiger partial charge in [-0.1, -0.05) is 11.8 Å². The van der Waals surface area contributed by atoms with Crippen LogP contribution in [-0.4, -0.2) is 49.4 Å². The Morgan fingerprint density at radius 1 is 1.38 bits per heavy atom. The molecule has 0 bridgehead atoms. The number of piperidine rings is 1. The van der Waals surface area contributed by atoms with E-state index in [4.69, 9.17) is 0 Å². The molecule has 1 amide bonds. The lowest BCUT2D eigenvalue weighted by Crippen LogP contribution is -2.39. The topological polar surface area (TPSA) is 63.9 Å². The summed E-state index contributed by atoms with van der Waals surface area (Å²) in [6, 6.07) is 0.415. The molecule has 2 aromatic heterocycles. The van der Waals surface area contributed by atoms with E-state index in [1.165, 1.54) is 11.8 Å². The Labute approximate surface area is 131 Å². The number of aromatic nitrogens is 4. The molecule has 1 fully saturated rings. The van der Waals surface area contributed by atoms with E-state index in [9.17, 15) is 4.79 Å². The van der Waals surface area contributed by atoms with E-state index >= 15 is 0 Å². The molecule has 6 nitrogen and oxygen atoms in total. The Morgan fingerprint density at radius 2 is 2.10 bits per heavy atom. The Morgan fingerprint density at radius 3 is 2.71 bits per heavy atom. The Kier molecular flexibility index (Phi) is 4.54. The third-order valence-corrected chi connectivity index (χ3v) is 5.72. The van der Waals surface area contributed by atoms with Crippen molar-refractivity contribution in [1.29, 1.82) is 0 Å². The van der Waals surface area contributed by atoms with E-state index in [-0.39, 0.29) is 5.91 Å². The van der Waals surface area contributed by atoms with Gasteiger partial charge in [0.15, 0.2) is 4.34 Å². The molecule has 0 spiro atoms. The van der Waals surface area contributed by atoms with Crippen molar-refractivity contribution in [3.8, 4) is 0 Å². The molecule has 0 saturated carbocycles. The average Bonchev–Trinajstić information content (AvgIpc) is 3.16. The van der Waals surface area contributed by atoms with Crippen LogP contribution in [0.15, 0.2) is 22.4 Å². The highest BCUT2D eigenvalue weighted by molar-refractivity contribution is 8.01. The van der Waals surface area contributed by atoms with Crippen LogP contribution in [0.4, 0.5) is 0 Å². The van der Waals surface area contributed by atoms with Crippen LogP contribution < -0.4 is 0 Å². The number of thiazole rings is 1. The second-order valence-corrected chi connectivity index (χ2v) is 7.15. The van der Waals surface area contributed by atoms with E-state index in [0.29, 0.717) is 11.8 Å². The van der Waals surface area contributed by atoms with E-state index in [1.807, 2.05) is 21.8 Å². The number of carbonyl (C=O) groups excluding carboxylic acids is 1. The molecule has 0 aliphatic carbocycles. The van der Waals surface area contributed by atoms with Crippen molar-refractivity contribution in [3.63, 3.8) is 0 Å². The van der Waals surface area contributed by atoms with Gasteiger partial charge in [-0.15, -0.1) is 21.5 Å². The van der Waals surface area contributed by atoms with E-state index in [1.54, 1.807) is 24.0 Å². The van der Waals surface area contributed by atoms with Crippen molar-refractivity contribution in [1.82, 2.24) is 24.6 Å². The Balaban J connectivity index is 1.46. The minimum atomic E-state index is 0.204. The maximum absolute atomic E-state index is 12.2. The van der Waals surface area contributed by atoms with E-state index in [2.05, 4.69) is 15.2 Å². The normalized spacial score (nSPS) is 16.3. The van der Waals surface area contributed by atoms with Crippen LogP contribution in [0.2, 0.25) is 0 Å². The zero-order valence-electron chi connectivity index (χ0n) is 11.8. The van der Waals surface area contributed by atoms with Gasteiger partial charge in [-0.2, -0.15) is 0 Å². The Hall–Kier alpha value is -1.41. The van der Waals surface area contributed by atoms with Crippen molar-refractivity contribution < 1.29 is 4.79 Å². The standard InChI is InChI=1S/C13H17N5OS2/c1-10-6-20-13(16-10)21-7-12(19)17-4-2-11(3-5-17)18-8-14-15-9-18/h6,8-9,11H,2-5,7H2,1H3. The minimum absolute atomic E-state index is 0.204. The van der Waals surface area contributed by atoms with Gasteiger partial charge in [-0.05, 0) is 19.8 Å². The molecule has 8 heteroatoms. The summed E-state index contributed by atoms with van der Waals surface area (Å²) < 4.78 is 3.01. The molecule has 0 radical (unpaired) electrons. The first-order chi connectivity index (χ1) is 10.2. The fraction of sp³-hybridized carbons (Fsp3) is 0.538. The second-order valence-electron chi connectivity index (χ2n) is 5.06. The van der Waals surface area contributed by atoms with Crippen LogP contribution >= 0.6 is 23.1 Å². The van der Waals surface area contributed by atoms with Crippen LogP contribution in [0, 0.1) is 6.92 Å². The predicted octanol–water partition coefficient (Wildman–Crippen LogP) is 2.00. The molecule has 3 heterocycles. The van der Waals surface area contributed by atoms with Gasteiger partial charge in [0.05, 0.1) is 5.75 Å². The Bertz CT molecular complexity index is 589. The summed E-state index contributed by atoms with van der Waals surface area (Å²) in [7, 11) is 0. The summed E-state index contributed by atoms with van der Waals surface area (Å²) in [5, 5.41) is 9.69. The summed E-state index contributed by atoms with van der Waals surface area (Å²) in [6.45, 7) is 3.58. The largest absolute Gasteiger partial charge is 0.342 e. The number of likely N-dealkylation sites (tertiary alicyclic amines) is 1. The molecule has 0 aromatic carbocycles. The number of carbonyl (C=O) groups is 1. The monoisotopic (exact) mass is 323 g/mol. The maximum atomic E-state index is 12.2. The van der Waals surface area contributed by atoms with Gasteiger partial charge < -0.3 is 9.47 Å². The first-order valence-electron chi connectivity index (χ1n) is 6.89.